The van der Waals surface area contributed by atoms with E-state index < -0.39 is 5.91 Å². The first-order chi connectivity index (χ1) is 19.7. The van der Waals surface area contributed by atoms with Gasteiger partial charge in [0.1, 0.15) is 11.3 Å². The predicted octanol–water partition coefficient (Wildman–Crippen LogP) is 6.85. The second-order valence-electron chi connectivity index (χ2n) is 9.41. The number of nitrogens with zero attached hydrogens (tertiary/aromatic N) is 4. The number of aromatic nitrogens is 2. The number of thiophene rings is 1. The molecule has 0 radical (unpaired) electrons. The largest absolute Gasteiger partial charge is 0.494 e. The maximum Gasteiger partial charge on any atom is 0.258 e. The predicted molar refractivity (Wildman–Crippen MR) is 169 cm³/mol. The van der Waals surface area contributed by atoms with Crippen LogP contribution in [0.5, 0.6) is 5.75 Å². The van der Waals surface area contributed by atoms with E-state index in [1.165, 1.54) is 24.8 Å². The number of methoxy groups -OCH3 is 1. The van der Waals surface area contributed by atoms with Crippen molar-refractivity contribution in [1.29, 1.82) is 0 Å². The molecule has 1 aliphatic rings. The number of ether oxygens (including phenoxy) is 1. The zero-order chi connectivity index (χ0) is 29.3. The third kappa shape index (κ3) is 5.87. The fourth-order valence-electron chi connectivity index (χ4n) is 4.61. The fourth-order valence-corrected chi connectivity index (χ4v) is 6.94. The summed E-state index contributed by atoms with van der Waals surface area (Å²) in [5.41, 5.74) is 3.17. The lowest BCUT2D eigenvalue weighted by atomic mass is 10.1. The Morgan fingerprint density at radius 1 is 1.10 bits per heavy atom. The van der Waals surface area contributed by atoms with Crippen molar-refractivity contribution in [2.24, 2.45) is 0 Å². The van der Waals surface area contributed by atoms with Crippen LogP contribution in [-0.4, -0.2) is 71.4 Å². The number of hydrogen-bond acceptors (Lipinski definition) is 8. The van der Waals surface area contributed by atoms with Crippen LogP contribution in [0.4, 0.5) is 17.2 Å². The van der Waals surface area contributed by atoms with Gasteiger partial charge in [0.25, 0.3) is 11.8 Å². The highest BCUT2D eigenvalue weighted by Gasteiger charge is 2.24. The molecule has 3 heterocycles. The summed E-state index contributed by atoms with van der Waals surface area (Å²) in [5, 5.41) is 8.31. The number of carbonyl (C=O) groups excluding carboxylic acids is 2. The molecular formula is C28H27BrCl2N6O3S. The van der Waals surface area contributed by atoms with Crippen LogP contribution < -0.4 is 15.4 Å². The molecule has 214 valence electrons. The topological polar surface area (TPSA) is 99.7 Å². The van der Waals surface area contributed by atoms with Crippen LogP contribution in [0.2, 0.25) is 10.0 Å². The zero-order valence-electron chi connectivity index (χ0n) is 22.6. The Balaban J connectivity index is 1.34. The number of rotatable bonds is 7. The molecule has 2 N–H and O–H groups in total. The highest BCUT2D eigenvalue weighted by atomic mass is 79.9. The fraction of sp³-hybridized carbons (Fsp3) is 0.286. The van der Waals surface area contributed by atoms with Crippen molar-refractivity contribution in [3.63, 3.8) is 0 Å². The summed E-state index contributed by atoms with van der Waals surface area (Å²) in [6.07, 6.45) is 1.40. The van der Waals surface area contributed by atoms with E-state index in [9.17, 15) is 9.59 Å². The molecule has 2 amide bonds. The number of hydrogen-bond donors (Lipinski definition) is 2. The van der Waals surface area contributed by atoms with Crippen molar-refractivity contribution in [1.82, 2.24) is 19.8 Å². The van der Waals surface area contributed by atoms with E-state index in [-0.39, 0.29) is 16.6 Å². The molecule has 5 rings (SSSR count). The van der Waals surface area contributed by atoms with Crippen molar-refractivity contribution in [3.05, 3.63) is 67.2 Å². The summed E-state index contributed by atoms with van der Waals surface area (Å²) in [5.74, 6) is 0.534. The van der Waals surface area contributed by atoms with Crippen molar-refractivity contribution < 1.29 is 14.3 Å². The molecule has 0 aliphatic carbocycles. The average Bonchev–Trinajstić information content (AvgIpc) is 3.44. The molecule has 4 aromatic rings. The Morgan fingerprint density at radius 3 is 2.46 bits per heavy atom. The molecule has 13 heteroatoms. The van der Waals surface area contributed by atoms with E-state index in [0.29, 0.717) is 48.0 Å². The second-order valence-corrected chi connectivity index (χ2v) is 11.8. The van der Waals surface area contributed by atoms with Crippen LogP contribution >= 0.6 is 50.5 Å². The summed E-state index contributed by atoms with van der Waals surface area (Å²) >= 11 is 17.8. The second kappa shape index (κ2) is 12.5. The van der Waals surface area contributed by atoms with Crippen LogP contribution in [0.1, 0.15) is 33.2 Å². The number of piperazine rings is 1. The molecule has 1 saturated heterocycles. The number of fused-ring (bicyclic) bond motifs is 1. The minimum Gasteiger partial charge on any atom is -0.494 e. The molecule has 41 heavy (non-hydrogen) atoms. The molecule has 1 fully saturated rings. The molecule has 0 atom stereocenters. The average molecular weight is 678 g/mol. The zero-order valence-corrected chi connectivity index (χ0v) is 26.5. The summed E-state index contributed by atoms with van der Waals surface area (Å²) in [4.78, 5) is 39.3. The molecule has 2 aromatic carbocycles. The van der Waals surface area contributed by atoms with Gasteiger partial charge in [0.05, 0.1) is 38.1 Å². The van der Waals surface area contributed by atoms with Crippen molar-refractivity contribution in [2.75, 3.05) is 50.5 Å². The van der Waals surface area contributed by atoms with Crippen molar-refractivity contribution >= 4 is 89.7 Å². The van der Waals surface area contributed by atoms with Crippen LogP contribution in [0.15, 0.2) is 40.4 Å². The minimum atomic E-state index is -0.420. The third-order valence-corrected chi connectivity index (χ3v) is 9.80. The number of carbonyl (C=O) groups is 2. The number of nitrogens with one attached hydrogen (secondary N) is 2. The summed E-state index contributed by atoms with van der Waals surface area (Å²) in [6, 6.07) is 7.31. The summed E-state index contributed by atoms with van der Waals surface area (Å²) in [6.45, 7) is 8.17. The van der Waals surface area contributed by atoms with Gasteiger partial charge in [-0.3, -0.25) is 9.59 Å². The molecule has 0 saturated carbocycles. The lowest BCUT2D eigenvalue weighted by molar-refractivity contribution is 0.0643. The van der Waals surface area contributed by atoms with Crippen LogP contribution in [-0.2, 0) is 0 Å². The summed E-state index contributed by atoms with van der Waals surface area (Å²) < 4.78 is 6.71. The normalized spacial score (nSPS) is 13.9. The van der Waals surface area contributed by atoms with Crippen LogP contribution in [0.3, 0.4) is 0 Å². The van der Waals surface area contributed by atoms with Crippen molar-refractivity contribution in [3.8, 4) is 5.75 Å². The third-order valence-electron chi connectivity index (χ3n) is 7.04. The first-order valence-electron chi connectivity index (χ1n) is 12.9. The number of halogens is 3. The number of benzene rings is 2. The first kappa shape index (κ1) is 29.5. The molecule has 2 aromatic heterocycles. The van der Waals surface area contributed by atoms with E-state index in [1.54, 1.807) is 12.3 Å². The van der Waals surface area contributed by atoms with Gasteiger partial charge in [0, 0.05) is 42.8 Å². The number of likely N-dealkylation sites (N-methyl/N-ethyl adjacent to an activating group) is 1. The van der Waals surface area contributed by atoms with Gasteiger partial charge in [-0.25, -0.2) is 9.97 Å². The number of anilines is 3. The van der Waals surface area contributed by atoms with Gasteiger partial charge < -0.3 is 25.2 Å². The van der Waals surface area contributed by atoms with Gasteiger partial charge in [0.15, 0.2) is 11.6 Å². The van der Waals surface area contributed by atoms with Crippen LogP contribution in [0, 0.1) is 6.92 Å². The Hall–Kier alpha value is -2.96. The van der Waals surface area contributed by atoms with Gasteiger partial charge in [0.2, 0.25) is 0 Å². The van der Waals surface area contributed by atoms with Gasteiger partial charge >= 0.3 is 0 Å². The maximum absolute atomic E-state index is 13.3. The highest BCUT2D eigenvalue weighted by Crippen LogP contribution is 2.46. The quantitative estimate of drug-likeness (QED) is 0.221. The molecule has 0 spiro atoms. The van der Waals surface area contributed by atoms with Gasteiger partial charge in [-0.15, -0.1) is 11.3 Å². The number of amides is 2. The first-order valence-corrected chi connectivity index (χ1v) is 15.3. The van der Waals surface area contributed by atoms with E-state index in [1.807, 2.05) is 29.2 Å². The molecular weight excluding hydrogens is 651 g/mol. The SMILES string of the molecule is CCN1CCN(C(=O)c2ccc(Nc3ncnc4c(C(=O)Nc5c(Cl)c(C)c(Br)c(OC)c5Cl)csc34)cc2)CC1. The van der Waals surface area contributed by atoms with E-state index in [0.717, 1.165) is 38.4 Å². The van der Waals surface area contributed by atoms with Crippen LogP contribution in [0.25, 0.3) is 10.2 Å². The van der Waals surface area contributed by atoms with E-state index in [4.69, 9.17) is 27.9 Å². The minimum absolute atomic E-state index is 0.0319. The lowest BCUT2D eigenvalue weighted by Crippen LogP contribution is -2.48. The van der Waals surface area contributed by atoms with E-state index >= 15 is 0 Å². The summed E-state index contributed by atoms with van der Waals surface area (Å²) in [7, 11) is 1.49. The Morgan fingerprint density at radius 2 is 1.80 bits per heavy atom. The molecule has 0 bridgehead atoms. The molecule has 0 unspecified atom stereocenters. The molecule has 9 nitrogen and oxygen atoms in total. The monoisotopic (exact) mass is 676 g/mol. The smallest absolute Gasteiger partial charge is 0.258 e. The van der Waals surface area contributed by atoms with Gasteiger partial charge in [-0.1, -0.05) is 30.1 Å². The van der Waals surface area contributed by atoms with Gasteiger partial charge in [-0.2, -0.15) is 0 Å². The lowest BCUT2D eigenvalue weighted by Gasteiger charge is -2.34. The maximum atomic E-state index is 13.3. The Kier molecular flexibility index (Phi) is 9.00. The van der Waals surface area contributed by atoms with Crippen molar-refractivity contribution in [2.45, 2.75) is 13.8 Å². The van der Waals surface area contributed by atoms with E-state index in [2.05, 4.69) is 48.4 Å². The Labute approximate surface area is 259 Å². The molecule has 1 aliphatic heterocycles. The van der Waals surface area contributed by atoms with Gasteiger partial charge in [-0.05, 0) is 59.2 Å². The standard InChI is InChI=1S/C28H27BrCl2N6O3S/c1-4-36-9-11-37(12-10-36)28(39)16-5-7-17(8-6-16)34-26-25-22(32-14-33-26)18(13-41-25)27(38)35-23-20(30)15(2)19(29)24(40-3)21(23)31/h5-8,13-14H,4,9-12H2,1-3H3,(H,35,38)(H,32,33,34). The highest BCUT2D eigenvalue weighted by molar-refractivity contribution is 9.10. The Bertz CT molecular complexity index is 1620.